The second-order valence-electron chi connectivity index (χ2n) is 8.20. The minimum atomic E-state index is -0.584. The molecule has 6 heteroatoms. The molecule has 2 aromatic rings. The van der Waals surface area contributed by atoms with Crippen molar-refractivity contribution in [3.63, 3.8) is 0 Å². The van der Waals surface area contributed by atoms with Crippen LogP contribution in [0.4, 0.5) is 0 Å². The summed E-state index contributed by atoms with van der Waals surface area (Å²) in [5.74, 6) is 0.504. The number of methoxy groups -OCH3 is 1. The van der Waals surface area contributed by atoms with Gasteiger partial charge in [0.1, 0.15) is 11.8 Å². The minimum Gasteiger partial charge on any atom is -0.497 e. The van der Waals surface area contributed by atoms with E-state index in [0.29, 0.717) is 11.6 Å². The highest BCUT2D eigenvalue weighted by atomic mass is 35.5. The van der Waals surface area contributed by atoms with E-state index in [1.165, 1.54) is 6.42 Å². The van der Waals surface area contributed by atoms with Crippen molar-refractivity contribution in [1.29, 1.82) is 0 Å². The Labute approximate surface area is 189 Å². The fourth-order valence-electron chi connectivity index (χ4n) is 4.04. The zero-order chi connectivity index (χ0) is 22.2. The molecule has 1 aliphatic rings. The van der Waals surface area contributed by atoms with E-state index < -0.39 is 6.04 Å². The van der Waals surface area contributed by atoms with E-state index in [0.717, 1.165) is 42.6 Å². The zero-order valence-electron chi connectivity index (χ0n) is 18.3. The SMILES string of the molecule is COc1cccc(CN(C(=O)Cc2cccc(Cl)c2)[C@@H](C)C(=O)NC2CCCCC2)c1. The third-order valence-electron chi connectivity index (χ3n) is 5.85. The first kappa shape index (κ1) is 23.1. The highest BCUT2D eigenvalue weighted by molar-refractivity contribution is 6.30. The van der Waals surface area contributed by atoms with Gasteiger partial charge < -0.3 is 15.0 Å². The second kappa shape index (κ2) is 11.2. The summed E-state index contributed by atoms with van der Waals surface area (Å²) in [6.45, 7) is 2.13. The predicted octanol–water partition coefficient (Wildman–Crippen LogP) is 4.76. The highest BCUT2D eigenvalue weighted by Crippen LogP contribution is 2.20. The molecule has 2 amide bonds. The van der Waals surface area contributed by atoms with E-state index in [9.17, 15) is 9.59 Å². The van der Waals surface area contributed by atoms with E-state index in [4.69, 9.17) is 16.3 Å². The second-order valence-corrected chi connectivity index (χ2v) is 8.64. The van der Waals surface area contributed by atoms with Crippen LogP contribution in [0.1, 0.15) is 50.2 Å². The summed E-state index contributed by atoms with van der Waals surface area (Å²) in [6.07, 6.45) is 5.70. The van der Waals surface area contributed by atoms with E-state index in [-0.39, 0.29) is 24.3 Å². The van der Waals surface area contributed by atoms with Gasteiger partial charge in [-0.25, -0.2) is 0 Å². The number of nitrogens with zero attached hydrogens (tertiary/aromatic N) is 1. The molecular formula is C25H31ClN2O3. The van der Waals surface area contributed by atoms with Crippen molar-refractivity contribution >= 4 is 23.4 Å². The molecule has 0 unspecified atom stereocenters. The van der Waals surface area contributed by atoms with Crippen LogP contribution in [0.2, 0.25) is 5.02 Å². The van der Waals surface area contributed by atoms with Gasteiger partial charge in [-0.1, -0.05) is 55.1 Å². The number of rotatable bonds is 8. The molecule has 31 heavy (non-hydrogen) atoms. The molecule has 0 aromatic heterocycles. The van der Waals surface area contributed by atoms with E-state index >= 15 is 0 Å². The molecule has 0 saturated heterocycles. The van der Waals surface area contributed by atoms with Crippen LogP contribution in [-0.4, -0.2) is 35.9 Å². The lowest BCUT2D eigenvalue weighted by Gasteiger charge is -2.31. The number of hydrogen-bond donors (Lipinski definition) is 1. The van der Waals surface area contributed by atoms with Crippen LogP contribution in [0.5, 0.6) is 5.75 Å². The summed E-state index contributed by atoms with van der Waals surface area (Å²) < 4.78 is 5.32. The fourth-order valence-corrected chi connectivity index (χ4v) is 4.25. The summed E-state index contributed by atoms with van der Waals surface area (Å²) in [5, 5.41) is 3.75. The molecule has 0 radical (unpaired) electrons. The van der Waals surface area contributed by atoms with Crippen LogP contribution in [0.15, 0.2) is 48.5 Å². The largest absolute Gasteiger partial charge is 0.497 e. The maximum atomic E-state index is 13.3. The van der Waals surface area contributed by atoms with E-state index in [1.54, 1.807) is 31.1 Å². The average molecular weight is 443 g/mol. The van der Waals surface area contributed by atoms with Crippen LogP contribution < -0.4 is 10.1 Å². The maximum absolute atomic E-state index is 13.3. The predicted molar refractivity (Wildman–Crippen MR) is 123 cm³/mol. The Morgan fingerprint density at radius 2 is 1.81 bits per heavy atom. The molecule has 5 nitrogen and oxygen atoms in total. The first-order valence-electron chi connectivity index (χ1n) is 10.9. The molecule has 166 valence electrons. The minimum absolute atomic E-state index is 0.103. The van der Waals surface area contributed by atoms with Gasteiger partial charge in [-0.05, 0) is 55.2 Å². The van der Waals surface area contributed by atoms with Gasteiger partial charge in [0.25, 0.3) is 0 Å². The van der Waals surface area contributed by atoms with Crippen molar-refractivity contribution < 1.29 is 14.3 Å². The number of nitrogens with one attached hydrogen (secondary N) is 1. The van der Waals surface area contributed by atoms with Crippen molar-refractivity contribution in [2.45, 2.75) is 64.1 Å². The Hall–Kier alpha value is -2.53. The lowest BCUT2D eigenvalue weighted by molar-refractivity contribution is -0.140. The number of hydrogen-bond acceptors (Lipinski definition) is 3. The third kappa shape index (κ3) is 6.73. The van der Waals surface area contributed by atoms with Crippen molar-refractivity contribution in [2.75, 3.05) is 7.11 Å². The number of halogens is 1. The Morgan fingerprint density at radius 3 is 2.52 bits per heavy atom. The van der Waals surface area contributed by atoms with Gasteiger partial charge in [0, 0.05) is 17.6 Å². The third-order valence-corrected chi connectivity index (χ3v) is 6.09. The zero-order valence-corrected chi connectivity index (χ0v) is 19.0. The molecule has 1 fully saturated rings. The van der Waals surface area contributed by atoms with Gasteiger partial charge in [-0.2, -0.15) is 0 Å². The molecule has 1 atom stereocenters. The molecule has 3 rings (SSSR count). The molecule has 0 heterocycles. The standard InChI is InChI=1S/C25H31ClN2O3/c1-18(25(30)27-22-11-4-3-5-12-22)28(17-20-9-7-13-23(15-20)31-2)24(29)16-19-8-6-10-21(26)14-19/h6-10,13-15,18,22H,3-5,11-12,16-17H2,1-2H3,(H,27,30)/t18-/m0/s1. The number of carbonyl (C=O) groups is 2. The first-order valence-corrected chi connectivity index (χ1v) is 11.3. The van der Waals surface area contributed by atoms with Gasteiger partial charge in [0.2, 0.25) is 11.8 Å². The average Bonchev–Trinajstić information content (AvgIpc) is 2.77. The summed E-state index contributed by atoms with van der Waals surface area (Å²) >= 11 is 6.09. The van der Waals surface area contributed by atoms with Gasteiger partial charge >= 0.3 is 0 Å². The fraction of sp³-hybridized carbons (Fsp3) is 0.440. The summed E-state index contributed by atoms with van der Waals surface area (Å²) in [7, 11) is 1.61. The van der Waals surface area contributed by atoms with E-state index in [1.807, 2.05) is 36.4 Å². The number of benzene rings is 2. The van der Waals surface area contributed by atoms with Crippen molar-refractivity contribution in [2.24, 2.45) is 0 Å². The Kier molecular flexibility index (Phi) is 8.35. The Morgan fingerprint density at radius 1 is 1.10 bits per heavy atom. The molecular weight excluding hydrogens is 412 g/mol. The normalized spacial score (nSPS) is 15.2. The number of ether oxygens (including phenoxy) is 1. The number of carbonyl (C=O) groups excluding carboxylic acids is 2. The van der Waals surface area contributed by atoms with Gasteiger partial charge in [-0.15, -0.1) is 0 Å². The van der Waals surface area contributed by atoms with Crippen molar-refractivity contribution in [3.05, 3.63) is 64.7 Å². The molecule has 1 N–H and O–H groups in total. The topological polar surface area (TPSA) is 58.6 Å². The quantitative estimate of drug-likeness (QED) is 0.641. The lowest BCUT2D eigenvalue weighted by Crippen LogP contribution is -2.50. The van der Waals surface area contributed by atoms with Crippen molar-refractivity contribution in [1.82, 2.24) is 10.2 Å². The Bertz CT molecular complexity index is 896. The van der Waals surface area contributed by atoms with E-state index in [2.05, 4.69) is 5.32 Å². The van der Waals surface area contributed by atoms with Crippen LogP contribution in [-0.2, 0) is 22.6 Å². The lowest BCUT2D eigenvalue weighted by atomic mass is 9.95. The van der Waals surface area contributed by atoms with Crippen molar-refractivity contribution in [3.8, 4) is 5.75 Å². The van der Waals surface area contributed by atoms with Gasteiger partial charge in [0.15, 0.2) is 0 Å². The highest BCUT2D eigenvalue weighted by Gasteiger charge is 2.28. The summed E-state index contributed by atoms with van der Waals surface area (Å²) in [5.41, 5.74) is 1.74. The molecule has 1 saturated carbocycles. The first-order chi connectivity index (χ1) is 15.0. The smallest absolute Gasteiger partial charge is 0.242 e. The summed E-state index contributed by atoms with van der Waals surface area (Å²) in [6, 6.07) is 14.5. The van der Waals surface area contributed by atoms with Gasteiger partial charge in [0.05, 0.1) is 13.5 Å². The molecule has 2 aromatic carbocycles. The van der Waals surface area contributed by atoms with Gasteiger partial charge in [-0.3, -0.25) is 9.59 Å². The summed E-state index contributed by atoms with van der Waals surface area (Å²) in [4.78, 5) is 28.0. The van der Waals surface area contributed by atoms with Crippen LogP contribution in [0, 0.1) is 0 Å². The Balaban J connectivity index is 1.77. The molecule has 0 bridgehead atoms. The molecule has 0 spiro atoms. The maximum Gasteiger partial charge on any atom is 0.242 e. The molecule has 0 aliphatic heterocycles. The number of amides is 2. The van der Waals surface area contributed by atoms with Crippen LogP contribution >= 0.6 is 11.6 Å². The molecule has 1 aliphatic carbocycles. The van der Waals surface area contributed by atoms with Crippen LogP contribution in [0.25, 0.3) is 0 Å². The van der Waals surface area contributed by atoms with Crippen LogP contribution in [0.3, 0.4) is 0 Å². The monoisotopic (exact) mass is 442 g/mol.